The van der Waals surface area contributed by atoms with Crippen molar-refractivity contribution in [1.82, 2.24) is 20.6 Å². The van der Waals surface area contributed by atoms with Crippen LogP contribution in [0, 0.1) is 6.92 Å². The maximum atomic E-state index is 4.63. The Morgan fingerprint density at radius 1 is 1.35 bits per heavy atom. The van der Waals surface area contributed by atoms with Gasteiger partial charge in [-0.05, 0) is 19.8 Å². The molecule has 0 unspecified atom stereocenters. The van der Waals surface area contributed by atoms with E-state index in [0.717, 1.165) is 28.2 Å². The molecule has 0 amide bonds. The Kier molecular flexibility index (Phi) is 9.00. The Morgan fingerprint density at radius 3 is 2.70 bits per heavy atom. The van der Waals surface area contributed by atoms with Crippen LogP contribution in [0.5, 0.6) is 0 Å². The van der Waals surface area contributed by atoms with Crippen LogP contribution < -0.4 is 10.6 Å². The van der Waals surface area contributed by atoms with Crippen LogP contribution >= 0.6 is 46.7 Å². The second-order valence-electron chi connectivity index (χ2n) is 5.22. The fraction of sp³-hybridized carbons (Fsp3) is 0.533. The molecule has 2 aromatic rings. The standard InChI is InChI=1S/C15H23N5S2.HI/c1-5-16-15(18-7-12-6-17-11(4)22-12)19-8-14-20-13(9-21-14)10(2)3;/h6,9-10H,5,7-8H2,1-4H3,(H2,16,18,19);1H. The van der Waals surface area contributed by atoms with E-state index in [-0.39, 0.29) is 24.0 Å². The van der Waals surface area contributed by atoms with E-state index >= 15 is 0 Å². The van der Waals surface area contributed by atoms with Gasteiger partial charge in [-0.3, -0.25) is 0 Å². The summed E-state index contributed by atoms with van der Waals surface area (Å²) in [6.07, 6.45) is 1.89. The molecular weight excluding hydrogens is 441 g/mol. The Bertz CT molecular complexity index is 621. The van der Waals surface area contributed by atoms with Crippen molar-refractivity contribution in [3.8, 4) is 0 Å². The summed E-state index contributed by atoms with van der Waals surface area (Å²) >= 11 is 3.38. The number of aromatic nitrogens is 2. The number of hydrogen-bond donors (Lipinski definition) is 2. The lowest BCUT2D eigenvalue weighted by molar-refractivity contribution is 0.788. The summed E-state index contributed by atoms with van der Waals surface area (Å²) in [6, 6.07) is 0. The van der Waals surface area contributed by atoms with Gasteiger partial charge in [0.1, 0.15) is 5.01 Å². The van der Waals surface area contributed by atoms with Crippen molar-refractivity contribution in [1.29, 1.82) is 0 Å². The van der Waals surface area contributed by atoms with E-state index in [2.05, 4.69) is 51.7 Å². The highest BCUT2D eigenvalue weighted by Gasteiger charge is 2.06. The van der Waals surface area contributed by atoms with Crippen molar-refractivity contribution in [2.45, 2.75) is 46.7 Å². The van der Waals surface area contributed by atoms with Crippen molar-refractivity contribution in [2.24, 2.45) is 4.99 Å². The van der Waals surface area contributed by atoms with Gasteiger partial charge in [-0.15, -0.1) is 46.7 Å². The van der Waals surface area contributed by atoms with Crippen molar-refractivity contribution < 1.29 is 0 Å². The van der Waals surface area contributed by atoms with E-state index in [1.54, 1.807) is 22.7 Å². The zero-order valence-corrected chi connectivity index (χ0v) is 17.9. The SMILES string of the molecule is CCNC(=NCc1cnc(C)s1)NCc1nc(C(C)C)cs1.I. The van der Waals surface area contributed by atoms with E-state index in [1.165, 1.54) is 4.88 Å². The molecule has 0 atom stereocenters. The molecule has 0 aliphatic heterocycles. The summed E-state index contributed by atoms with van der Waals surface area (Å²) in [5.74, 6) is 1.29. The van der Waals surface area contributed by atoms with E-state index in [1.807, 2.05) is 13.1 Å². The highest BCUT2D eigenvalue weighted by atomic mass is 127. The molecule has 2 aromatic heterocycles. The largest absolute Gasteiger partial charge is 0.357 e. The molecule has 0 radical (unpaired) electrons. The lowest BCUT2D eigenvalue weighted by atomic mass is 10.2. The second-order valence-corrected chi connectivity index (χ2v) is 7.48. The van der Waals surface area contributed by atoms with Gasteiger partial charge in [0.15, 0.2) is 5.96 Å². The molecular formula is C15H24IN5S2. The van der Waals surface area contributed by atoms with Crippen molar-refractivity contribution in [3.63, 3.8) is 0 Å². The molecule has 128 valence electrons. The first-order valence-corrected chi connectivity index (χ1v) is 9.16. The number of hydrogen-bond acceptors (Lipinski definition) is 5. The fourth-order valence-electron chi connectivity index (χ4n) is 1.81. The maximum Gasteiger partial charge on any atom is 0.191 e. The minimum absolute atomic E-state index is 0. The average molecular weight is 465 g/mol. The molecule has 8 heteroatoms. The summed E-state index contributed by atoms with van der Waals surface area (Å²) < 4.78 is 0. The van der Waals surface area contributed by atoms with Crippen LogP contribution in [-0.2, 0) is 13.1 Å². The zero-order valence-electron chi connectivity index (χ0n) is 13.9. The number of rotatable bonds is 6. The van der Waals surface area contributed by atoms with Crippen LogP contribution in [0.1, 0.15) is 47.3 Å². The minimum atomic E-state index is 0. The van der Waals surface area contributed by atoms with Crippen molar-refractivity contribution >= 4 is 52.6 Å². The number of thiazole rings is 2. The van der Waals surface area contributed by atoms with Crippen LogP contribution in [-0.4, -0.2) is 22.5 Å². The zero-order chi connectivity index (χ0) is 15.9. The monoisotopic (exact) mass is 465 g/mol. The predicted molar refractivity (Wildman–Crippen MR) is 110 cm³/mol. The highest BCUT2D eigenvalue weighted by Crippen LogP contribution is 2.17. The van der Waals surface area contributed by atoms with Gasteiger partial charge in [0, 0.05) is 23.0 Å². The summed E-state index contributed by atoms with van der Waals surface area (Å²) in [5, 5.41) is 10.9. The highest BCUT2D eigenvalue weighted by molar-refractivity contribution is 14.0. The molecule has 0 aliphatic carbocycles. The number of halogens is 1. The molecule has 0 fully saturated rings. The molecule has 0 bridgehead atoms. The van der Waals surface area contributed by atoms with E-state index in [4.69, 9.17) is 0 Å². The third-order valence-electron chi connectivity index (χ3n) is 2.97. The van der Waals surface area contributed by atoms with Gasteiger partial charge in [0.25, 0.3) is 0 Å². The molecule has 0 aromatic carbocycles. The first-order chi connectivity index (χ1) is 10.6. The number of nitrogens with zero attached hydrogens (tertiary/aromatic N) is 3. The quantitative estimate of drug-likeness (QED) is 0.386. The minimum Gasteiger partial charge on any atom is -0.357 e. The molecule has 0 spiro atoms. The van der Waals surface area contributed by atoms with Gasteiger partial charge in [-0.25, -0.2) is 15.0 Å². The Labute approximate surface area is 163 Å². The number of aliphatic imine (C=N–C) groups is 1. The van der Waals surface area contributed by atoms with Gasteiger partial charge in [-0.2, -0.15) is 0 Å². The topological polar surface area (TPSA) is 62.2 Å². The van der Waals surface area contributed by atoms with Crippen molar-refractivity contribution in [3.05, 3.63) is 32.2 Å². The van der Waals surface area contributed by atoms with Crippen LogP contribution in [0.25, 0.3) is 0 Å². The Hall–Kier alpha value is -0.740. The molecule has 0 aliphatic rings. The number of guanidine groups is 1. The maximum absolute atomic E-state index is 4.63. The summed E-state index contributed by atoms with van der Waals surface area (Å²) in [6.45, 7) is 10.6. The first kappa shape index (κ1) is 20.3. The molecule has 0 saturated carbocycles. The Morgan fingerprint density at radius 2 is 2.13 bits per heavy atom. The molecule has 23 heavy (non-hydrogen) atoms. The fourth-order valence-corrected chi connectivity index (χ4v) is 3.42. The van der Waals surface area contributed by atoms with Crippen LogP contribution in [0.4, 0.5) is 0 Å². The van der Waals surface area contributed by atoms with Crippen LogP contribution in [0.2, 0.25) is 0 Å². The predicted octanol–water partition coefficient (Wildman–Crippen LogP) is 3.90. The normalized spacial score (nSPS) is 11.4. The van der Waals surface area contributed by atoms with Crippen molar-refractivity contribution in [2.75, 3.05) is 6.54 Å². The van der Waals surface area contributed by atoms with E-state index in [9.17, 15) is 0 Å². The lowest BCUT2D eigenvalue weighted by Gasteiger charge is -2.09. The molecule has 2 N–H and O–H groups in total. The summed E-state index contributed by atoms with van der Waals surface area (Å²) in [4.78, 5) is 14.7. The summed E-state index contributed by atoms with van der Waals surface area (Å²) in [7, 11) is 0. The third kappa shape index (κ3) is 6.72. The van der Waals surface area contributed by atoms with Gasteiger partial charge < -0.3 is 10.6 Å². The van der Waals surface area contributed by atoms with Gasteiger partial charge >= 0.3 is 0 Å². The lowest BCUT2D eigenvalue weighted by Crippen LogP contribution is -2.36. The molecule has 2 rings (SSSR count). The smallest absolute Gasteiger partial charge is 0.191 e. The van der Waals surface area contributed by atoms with E-state index < -0.39 is 0 Å². The number of aryl methyl sites for hydroxylation is 1. The third-order valence-corrected chi connectivity index (χ3v) is 4.74. The van der Waals surface area contributed by atoms with Crippen LogP contribution in [0.15, 0.2) is 16.6 Å². The van der Waals surface area contributed by atoms with E-state index in [0.29, 0.717) is 19.0 Å². The van der Waals surface area contributed by atoms with Gasteiger partial charge in [-0.1, -0.05) is 13.8 Å². The molecule has 0 saturated heterocycles. The second kappa shape index (κ2) is 10.2. The average Bonchev–Trinajstić information content (AvgIpc) is 3.11. The van der Waals surface area contributed by atoms with Crippen LogP contribution in [0.3, 0.4) is 0 Å². The summed E-state index contributed by atoms with van der Waals surface area (Å²) in [5.41, 5.74) is 1.16. The molecule has 2 heterocycles. The molecule has 5 nitrogen and oxygen atoms in total. The Balaban J connectivity index is 0.00000264. The van der Waals surface area contributed by atoms with Gasteiger partial charge in [0.05, 0.1) is 23.8 Å². The first-order valence-electron chi connectivity index (χ1n) is 7.46. The number of nitrogens with one attached hydrogen (secondary N) is 2. The van der Waals surface area contributed by atoms with Gasteiger partial charge in [0.2, 0.25) is 0 Å².